The maximum absolute atomic E-state index is 13.1. The first-order valence-electron chi connectivity index (χ1n) is 10.3. The predicted octanol–water partition coefficient (Wildman–Crippen LogP) is 3.56. The summed E-state index contributed by atoms with van der Waals surface area (Å²) < 4.78 is 19.7. The standard InChI is InChI=1S/C22H28FN7O2/c1-14(2)27-20(31)13-30-12-18(11-26-30)28-22-25-9-15(3)21(29-22)24-10-17-6-5-7-19(8-17)32-16(4)23/h5-9,11-12,14,16H,10,13H2,1-4H3,(H,27,31)(H2,24,25,28,29). The van der Waals surface area contributed by atoms with E-state index in [0.29, 0.717) is 29.7 Å². The summed E-state index contributed by atoms with van der Waals surface area (Å²) >= 11 is 0. The lowest BCUT2D eigenvalue weighted by Crippen LogP contribution is -2.33. The van der Waals surface area contributed by atoms with Crippen LogP contribution in [0.15, 0.2) is 42.9 Å². The number of ether oxygens (including phenoxy) is 1. The van der Waals surface area contributed by atoms with Crippen molar-refractivity contribution >= 4 is 23.4 Å². The highest BCUT2D eigenvalue weighted by atomic mass is 19.1. The third-order valence-electron chi connectivity index (χ3n) is 4.27. The molecule has 3 aromatic rings. The molecule has 1 aromatic carbocycles. The number of aromatic nitrogens is 4. The number of hydrogen-bond donors (Lipinski definition) is 3. The molecule has 2 heterocycles. The van der Waals surface area contributed by atoms with Gasteiger partial charge in [-0.05, 0) is 38.5 Å². The number of rotatable bonds is 10. The first kappa shape index (κ1) is 23.0. The Hall–Kier alpha value is -3.69. The smallest absolute Gasteiger partial charge is 0.241 e. The van der Waals surface area contributed by atoms with Crippen LogP contribution in [-0.4, -0.2) is 38.1 Å². The van der Waals surface area contributed by atoms with Crippen molar-refractivity contribution in [3.8, 4) is 5.75 Å². The number of alkyl halides is 1. The van der Waals surface area contributed by atoms with Crippen molar-refractivity contribution in [1.29, 1.82) is 0 Å². The van der Waals surface area contributed by atoms with Crippen LogP contribution in [-0.2, 0) is 17.9 Å². The Labute approximate surface area is 186 Å². The van der Waals surface area contributed by atoms with Crippen molar-refractivity contribution in [2.45, 2.75) is 53.2 Å². The Morgan fingerprint density at radius 2 is 2.06 bits per heavy atom. The molecule has 10 heteroatoms. The SMILES string of the molecule is Cc1cnc(Nc2cnn(CC(=O)NC(C)C)c2)nc1NCc1cccc(OC(C)F)c1. The fraction of sp³-hybridized carbons (Fsp3) is 0.364. The Balaban J connectivity index is 1.62. The third kappa shape index (κ3) is 6.93. The molecule has 1 amide bonds. The summed E-state index contributed by atoms with van der Waals surface area (Å²) in [6.45, 7) is 7.67. The molecule has 0 bridgehead atoms. The van der Waals surface area contributed by atoms with Crippen LogP contribution in [0.25, 0.3) is 0 Å². The molecule has 1 atom stereocenters. The lowest BCUT2D eigenvalue weighted by molar-refractivity contribution is -0.122. The zero-order valence-electron chi connectivity index (χ0n) is 18.6. The fourth-order valence-electron chi connectivity index (χ4n) is 2.94. The van der Waals surface area contributed by atoms with E-state index in [-0.39, 0.29) is 18.5 Å². The normalized spacial score (nSPS) is 11.8. The van der Waals surface area contributed by atoms with Gasteiger partial charge >= 0.3 is 0 Å². The van der Waals surface area contributed by atoms with E-state index in [4.69, 9.17) is 4.74 Å². The second-order valence-corrected chi connectivity index (χ2v) is 7.66. The quantitative estimate of drug-likeness (QED) is 0.442. The zero-order valence-corrected chi connectivity index (χ0v) is 18.6. The summed E-state index contributed by atoms with van der Waals surface area (Å²) in [5.74, 6) is 1.42. The highest BCUT2D eigenvalue weighted by Crippen LogP contribution is 2.19. The molecule has 3 rings (SSSR count). The third-order valence-corrected chi connectivity index (χ3v) is 4.27. The summed E-state index contributed by atoms with van der Waals surface area (Å²) in [5, 5.41) is 13.4. The van der Waals surface area contributed by atoms with E-state index in [1.807, 2.05) is 32.9 Å². The molecule has 32 heavy (non-hydrogen) atoms. The minimum absolute atomic E-state index is 0.0739. The van der Waals surface area contributed by atoms with Crippen LogP contribution in [0.4, 0.5) is 21.8 Å². The van der Waals surface area contributed by atoms with Gasteiger partial charge in [-0.3, -0.25) is 9.48 Å². The largest absolute Gasteiger partial charge is 0.461 e. The van der Waals surface area contributed by atoms with Gasteiger partial charge in [-0.1, -0.05) is 12.1 Å². The first-order chi connectivity index (χ1) is 15.3. The number of nitrogens with zero attached hydrogens (tertiary/aromatic N) is 4. The minimum atomic E-state index is -1.37. The van der Waals surface area contributed by atoms with Crippen molar-refractivity contribution in [2.75, 3.05) is 10.6 Å². The summed E-state index contributed by atoms with van der Waals surface area (Å²) in [4.78, 5) is 20.7. The molecule has 0 saturated heterocycles. The number of benzene rings is 1. The molecule has 0 spiro atoms. The zero-order chi connectivity index (χ0) is 23.1. The van der Waals surface area contributed by atoms with Crippen LogP contribution >= 0.6 is 0 Å². The number of aryl methyl sites for hydroxylation is 1. The van der Waals surface area contributed by atoms with Gasteiger partial charge in [0.05, 0.1) is 11.9 Å². The summed E-state index contributed by atoms with van der Waals surface area (Å²) in [5.41, 5.74) is 2.47. The van der Waals surface area contributed by atoms with Gasteiger partial charge in [0.1, 0.15) is 18.1 Å². The Kier molecular flexibility index (Phi) is 7.58. The fourth-order valence-corrected chi connectivity index (χ4v) is 2.94. The van der Waals surface area contributed by atoms with E-state index in [9.17, 15) is 9.18 Å². The van der Waals surface area contributed by atoms with Gasteiger partial charge in [-0.2, -0.15) is 10.1 Å². The Morgan fingerprint density at radius 3 is 2.81 bits per heavy atom. The van der Waals surface area contributed by atoms with Crippen molar-refractivity contribution in [3.05, 3.63) is 54.0 Å². The molecule has 0 aliphatic carbocycles. The van der Waals surface area contributed by atoms with Crippen molar-refractivity contribution < 1.29 is 13.9 Å². The van der Waals surface area contributed by atoms with E-state index >= 15 is 0 Å². The molecule has 9 nitrogen and oxygen atoms in total. The van der Waals surface area contributed by atoms with E-state index in [1.165, 1.54) is 6.92 Å². The van der Waals surface area contributed by atoms with E-state index in [2.05, 4.69) is 31.0 Å². The van der Waals surface area contributed by atoms with Crippen LogP contribution in [0.2, 0.25) is 0 Å². The topological polar surface area (TPSA) is 106 Å². The second kappa shape index (κ2) is 10.6. The van der Waals surface area contributed by atoms with Crippen molar-refractivity contribution in [3.63, 3.8) is 0 Å². The predicted molar refractivity (Wildman–Crippen MR) is 121 cm³/mol. The van der Waals surface area contributed by atoms with Gasteiger partial charge < -0.3 is 20.7 Å². The summed E-state index contributed by atoms with van der Waals surface area (Å²) in [7, 11) is 0. The summed E-state index contributed by atoms with van der Waals surface area (Å²) in [6.07, 6.45) is 3.66. The van der Waals surface area contributed by atoms with Crippen molar-refractivity contribution in [1.82, 2.24) is 25.1 Å². The number of carbonyl (C=O) groups is 1. The molecule has 3 N–H and O–H groups in total. The van der Waals surface area contributed by atoms with E-state index in [1.54, 1.807) is 35.4 Å². The lowest BCUT2D eigenvalue weighted by Gasteiger charge is -2.12. The van der Waals surface area contributed by atoms with E-state index in [0.717, 1.165) is 11.1 Å². The maximum Gasteiger partial charge on any atom is 0.241 e. The number of halogens is 1. The van der Waals surface area contributed by atoms with Crippen LogP contribution < -0.4 is 20.7 Å². The second-order valence-electron chi connectivity index (χ2n) is 7.66. The Bertz CT molecular complexity index is 1050. The highest BCUT2D eigenvalue weighted by molar-refractivity contribution is 5.76. The van der Waals surface area contributed by atoms with Gasteiger partial charge in [0.25, 0.3) is 0 Å². The molecule has 0 saturated carbocycles. The molecule has 1 unspecified atom stereocenters. The molecular weight excluding hydrogens is 413 g/mol. The maximum atomic E-state index is 13.1. The molecule has 2 aromatic heterocycles. The average Bonchev–Trinajstić information content (AvgIpc) is 3.14. The number of hydrogen-bond acceptors (Lipinski definition) is 7. The Morgan fingerprint density at radius 1 is 1.25 bits per heavy atom. The lowest BCUT2D eigenvalue weighted by atomic mass is 10.2. The van der Waals surface area contributed by atoms with Gasteiger partial charge in [0, 0.05) is 37.5 Å². The van der Waals surface area contributed by atoms with Gasteiger partial charge in [-0.25, -0.2) is 9.37 Å². The number of amides is 1. The van der Waals surface area contributed by atoms with E-state index < -0.39 is 6.36 Å². The molecule has 0 aliphatic heterocycles. The number of carbonyl (C=O) groups excluding carboxylic acids is 1. The van der Waals surface area contributed by atoms with Crippen LogP contribution in [0, 0.1) is 6.92 Å². The van der Waals surface area contributed by atoms with Gasteiger partial charge in [-0.15, -0.1) is 0 Å². The monoisotopic (exact) mass is 441 g/mol. The molecule has 0 aliphatic rings. The molecule has 170 valence electrons. The van der Waals surface area contributed by atoms with Gasteiger partial charge in [0.15, 0.2) is 0 Å². The molecule has 0 fully saturated rings. The average molecular weight is 442 g/mol. The first-order valence-corrected chi connectivity index (χ1v) is 10.3. The summed E-state index contributed by atoms with van der Waals surface area (Å²) in [6, 6.07) is 7.30. The minimum Gasteiger partial charge on any atom is -0.461 e. The van der Waals surface area contributed by atoms with Crippen LogP contribution in [0.5, 0.6) is 5.75 Å². The van der Waals surface area contributed by atoms with Crippen molar-refractivity contribution in [2.24, 2.45) is 0 Å². The number of anilines is 3. The molecule has 0 radical (unpaired) electrons. The highest BCUT2D eigenvalue weighted by Gasteiger charge is 2.09. The number of nitrogens with one attached hydrogen (secondary N) is 3. The van der Waals surface area contributed by atoms with Gasteiger partial charge in [0.2, 0.25) is 18.2 Å². The molecular formula is C22H28FN7O2. The van der Waals surface area contributed by atoms with Crippen LogP contribution in [0.3, 0.4) is 0 Å². The van der Waals surface area contributed by atoms with Crippen LogP contribution in [0.1, 0.15) is 31.9 Å².